The lowest BCUT2D eigenvalue weighted by Crippen LogP contribution is -2.09. The number of aryl methyl sites for hydroxylation is 1. The van der Waals surface area contributed by atoms with Gasteiger partial charge in [0.05, 0.1) is 16.1 Å². The average molecular weight is 387 g/mol. The summed E-state index contributed by atoms with van der Waals surface area (Å²) in [6.45, 7) is 3.01. The number of benzene rings is 1. The van der Waals surface area contributed by atoms with Gasteiger partial charge in [-0.1, -0.05) is 11.6 Å². The highest BCUT2D eigenvalue weighted by Crippen LogP contribution is 2.38. The van der Waals surface area contributed by atoms with Crippen LogP contribution in [0.2, 0.25) is 5.02 Å². The Hall–Kier alpha value is -0.630. The van der Waals surface area contributed by atoms with Gasteiger partial charge >= 0.3 is 6.18 Å². The van der Waals surface area contributed by atoms with Gasteiger partial charge in [0, 0.05) is 5.39 Å². The van der Waals surface area contributed by atoms with Crippen LogP contribution >= 0.6 is 34.2 Å². The van der Waals surface area contributed by atoms with E-state index in [1.807, 2.05) is 22.6 Å². The Bertz CT molecular complexity index is 640. The molecular weight excluding hydrogens is 379 g/mol. The summed E-state index contributed by atoms with van der Waals surface area (Å²) in [7, 11) is 0. The Morgan fingerprint density at radius 3 is 2.39 bits per heavy atom. The number of aromatic nitrogens is 2. The van der Waals surface area contributed by atoms with Crippen molar-refractivity contribution in [1.82, 2.24) is 9.97 Å². The van der Waals surface area contributed by atoms with Crippen molar-refractivity contribution in [3.05, 3.63) is 31.7 Å². The minimum absolute atomic E-state index is 0.00873. The maximum absolute atomic E-state index is 12.9. The highest BCUT2D eigenvalue weighted by Gasteiger charge is 2.34. The fraction of sp³-hybridized carbons (Fsp3) is 0.273. The van der Waals surface area contributed by atoms with E-state index in [0.29, 0.717) is 20.4 Å². The molecule has 0 saturated heterocycles. The molecule has 2 rings (SSSR count). The fourth-order valence-electron chi connectivity index (χ4n) is 1.69. The van der Waals surface area contributed by atoms with Crippen LogP contribution in [-0.4, -0.2) is 9.97 Å². The quantitative estimate of drug-likeness (QED) is 0.491. The predicted molar refractivity (Wildman–Crippen MR) is 71.7 cm³/mol. The Morgan fingerprint density at radius 2 is 1.83 bits per heavy atom. The average Bonchev–Trinajstić information content (AvgIpc) is 2.22. The van der Waals surface area contributed by atoms with E-state index in [1.54, 1.807) is 6.92 Å². The number of rotatable bonds is 0. The van der Waals surface area contributed by atoms with Crippen molar-refractivity contribution in [3.8, 4) is 0 Å². The largest absolute Gasteiger partial charge is 0.416 e. The van der Waals surface area contributed by atoms with Crippen molar-refractivity contribution in [2.24, 2.45) is 0 Å². The first-order valence-electron chi connectivity index (χ1n) is 4.92. The highest BCUT2D eigenvalue weighted by molar-refractivity contribution is 14.1. The molecule has 1 heterocycles. The molecule has 0 fully saturated rings. The van der Waals surface area contributed by atoms with Gasteiger partial charge in [-0.3, -0.25) is 0 Å². The van der Waals surface area contributed by atoms with Crippen LogP contribution in [0.4, 0.5) is 13.2 Å². The van der Waals surface area contributed by atoms with Crippen molar-refractivity contribution >= 4 is 45.1 Å². The summed E-state index contributed by atoms with van der Waals surface area (Å²) in [6.07, 6.45) is -4.43. The van der Waals surface area contributed by atoms with Crippen LogP contribution in [0.3, 0.4) is 0 Å². The van der Waals surface area contributed by atoms with Crippen LogP contribution < -0.4 is 0 Å². The van der Waals surface area contributed by atoms with Crippen molar-refractivity contribution in [2.75, 3.05) is 0 Å². The Morgan fingerprint density at radius 1 is 1.22 bits per heavy atom. The van der Waals surface area contributed by atoms with Gasteiger partial charge in [-0.15, -0.1) is 0 Å². The highest BCUT2D eigenvalue weighted by atomic mass is 127. The molecule has 96 valence electrons. The molecule has 0 bridgehead atoms. The van der Waals surface area contributed by atoms with Gasteiger partial charge in [0.2, 0.25) is 0 Å². The second-order valence-corrected chi connectivity index (χ2v) is 5.22. The second kappa shape index (κ2) is 4.48. The van der Waals surface area contributed by atoms with E-state index in [1.165, 1.54) is 6.92 Å². The first-order chi connectivity index (χ1) is 8.21. The topological polar surface area (TPSA) is 25.8 Å². The number of nitrogens with zero attached hydrogens (tertiary/aromatic N) is 2. The molecule has 18 heavy (non-hydrogen) atoms. The van der Waals surface area contributed by atoms with E-state index in [4.69, 9.17) is 11.6 Å². The number of hydrogen-bond donors (Lipinski definition) is 0. The summed E-state index contributed by atoms with van der Waals surface area (Å²) in [5, 5.41) is 0.354. The number of alkyl halides is 3. The first-order valence-corrected chi connectivity index (χ1v) is 6.37. The van der Waals surface area contributed by atoms with Crippen LogP contribution in [0.5, 0.6) is 0 Å². The summed E-state index contributed by atoms with van der Waals surface area (Å²) in [5.74, 6) is 0.480. The molecule has 0 atom stereocenters. The molecule has 0 aliphatic carbocycles. The van der Waals surface area contributed by atoms with Crippen LogP contribution in [0.15, 0.2) is 6.07 Å². The number of hydrogen-bond acceptors (Lipinski definition) is 2. The second-order valence-electron chi connectivity index (χ2n) is 3.82. The van der Waals surface area contributed by atoms with Gasteiger partial charge in [0.25, 0.3) is 0 Å². The Labute approximate surface area is 120 Å². The molecular formula is C11H7ClF3IN2. The maximum atomic E-state index is 12.9. The van der Waals surface area contributed by atoms with E-state index in [-0.39, 0.29) is 10.6 Å². The first kappa shape index (κ1) is 13.8. The molecule has 0 amide bonds. The molecule has 0 N–H and O–H groups in total. The fourth-order valence-corrected chi connectivity index (χ4v) is 2.69. The molecule has 0 unspecified atom stereocenters. The molecule has 7 heteroatoms. The molecule has 1 aromatic heterocycles. The molecule has 1 aromatic carbocycles. The smallest absolute Gasteiger partial charge is 0.232 e. The van der Waals surface area contributed by atoms with E-state index < -0.39 is 11.7 Å². The molecule has 2 nitrogen and oxygen atoms in total. The summed E-state index contributed by atoms with van der Waals surface area (Å²) in [4.78, 5) is 8.15. The van der Waals surface area contributed by atoms with Crippen molar-refractivity contribution in [1.29, 1.82) is 0 Å². The van der Waals surface area contributed by atoms with Crippen LogP contribution in [-0.2, 0) is 6.18 Å². The van der Waals surface area contributed by atoms with Gasteiger partial charge in [-0.05, 0) is 48.1 Å². The number of halogens is 5. The standard InChI is InChI=1S/C11H7ClF3IN2/c1-4-7(11(13,14)15)3-6-9(8(4)12)17-5(2)18-10(6)16/h3H,1-2H3. The zero-order chi connectivity index (χ0) is 13.7. The van der Waals surface area contributed by atoms with Gasteiger partial charge < -0.3 is 0 Å². The van der Waals surface area contributed by atoms with Crippen LogP contribution in [0, 0.1) is 17.5 Å². The molecule has 0 aliphatic rings. The third-order valence-electron chi connectivity index (χ3n) is 2.55. The molecule has 0 radical (unpaired) electrons. The molecule has 0 saturated carbocycles. The van der Waals surface area contributed by atoms with Gasteiger partial charge in [-0.2, -0.15) is 13.2 Å². The Kier molecular flexibility index (Phi) is 3.44. The van der Waals surface area contributed by atoms with Crippen molar-refractivity contribution < 1.29 is 13.2 Å². The maximum Gasteiger partial charge on any atom is 0.416 e. The normalized spacial score (nSPS) is 12.2. The van der Waals surface area contributed by atoms with Gasteiger partial charge in [0.1, 0.15) is 9.53 Å². The summed E-state index contributed by atoms with van der Waals surface area (Å²) in [5.41, 5.74) is -0.394. The minimum Gasteiger partial charge on any atom is -0.232 e. The minimum atomic E-state index is -4.43. The third-order valence-corrected chi connectivity index (χ3v) is 3.83. The lowest BCUT2D eigenvalue weighted by atomic mass is 10.1. The predicted octanol–water partition coefficient (Wildman–Crippen LogP) is 4.52. The molecule has 0 aliphatic heterocycles. The summed E-state index contributed by atoms with van der Waals surface area (Å²) >= 11 is 7.87. The lowest BCUT2D eigenvalue weighted by molar-refractivity contribution is -0.137. The van der Waals surface area contributed by atoms with Gasteiger partial charge in [0.15, 0.2) is 0 Å². The van der Waals surface area contributed by atoms with Crippen molar-refractivity contribution in [3.63, 3.8) is 0 Å². The lowest BCUT2D eigenvalue weighted by Gasteiger charge is -2.14. The zero-order valence-electron chi connectivity index (χ0n) is 9.36. The summed E-state index contributed by atoms with van der Waals surface area (Å²) in [6, 6.07) is 1.05. The zero-order valence-corrected chi connectivity index (χ0v) is 12.3. The van der Waals surface area contributed by atoms with Crippen molar-refractivity contribution in [2.45, 2.75) is 20.0 Å². The Balaban J connectivity index is 2.93. The van der Waals surface area contributed by atoms with E-state index in [2.05, 4.69) is 9.97 Å². The van der Waals surface area contributed by atoms with E-state index >= 15 is 0 Å². The monoisotopic (exact) mass is 386 g/mol. The third kappa shape index (κ3) is 2.27. The molecule has 0 spiro atoms. The SMILES string of the molecule is Cc1nc(I)c2cc(C(F)(F)F)c(C)c(Cl)c2n1. The molecule has 2 aromatic rings. The van der Waals surface area contributed by atoms with E-state index in [0.717, 1.165) is 6.07 Å². The number of fused-ring (bicyclic) bond motifs is 1. The van der Waals surface area contributed by atoms with Gasteiger partial charge in [-0.25, -0.2) is 9.97 Å². The van der Waals surface area contributed by atoms with Crippen LogP contribution in [0.25, 0.3) is 10.9 Å². The van der Waals surface area contributed by atoms with Crippen LogP contribution in [0.1, 0.15) is 17.0 Å². The van der Waals surface area contributed by atoms with E-state index in [9.17, 15) is 13.2 Å². The summed E-state index contributed by atoms with van der Waals surface area (Å²) < 4.78 is 39.1.